The molecule has 2 N–H and O–H groups in total. The van der Waals surface area contributed by atoms with Gasteiger partial charge in [-0.3, -0.25) is 0 Å². The number of piperidine rings is 1. The van der Waals surface area contributed by atoms with Crippen LogP contribution < -0.4 is 10.1 Å². The molecule has 1 aromatic rings. The Morgan fingerprint density at radius 2 is 2.29 bits per heavy atom. The van der Waals surface area contributed by atoms with Crippen LogP contribution in [-0.4, -0.2) is 41.3 Å². The lowest BCUT2D eigenvalue weighted by Crippen LogP contribution is -2.44. The van der Waals surface area contributed by atoms with Crippen molar-refractivity contribution in [2.24, 2.45) is 0 Å². The van der Waals surface area contributed by atoms with E-state index in [0.717, 1.165) is 6.42 Å². The van der Waals surface area contributed by atoms with Crippen molar-refractivity contribution in [3.8, 4) is 5.75 Å². The van der Waals surface area contributed by atoms with Crippen molar-refractivity contribution < 1.29 is 19.0 Å². The largest absolute Gasteiger partial charge is 0.491 e. The monoisotopic (exact) mass is 296 g/mol. The zero-order chi connectivity index (χ0) is 15.4. The van der Waals surface area contributed by atoms with Gasteiger partial charge in [0.2, 0.25) is 0 Å². The molecule has 1 heterocycles. The summed E-state index contributed by atoms with van der Waals surface area (Å²) in [7, 11) is 0. The molecule has 0 radical (unpaired) electrons. The number of carbonyl (C=O) groups excluding carboxylic acids is 1. The smallest absolute Gasteiger partial charge is 0.322 e. The summed E-state index contributed by atoms with van der Waals surface area (Å²) in [4.78, 5) is 13.5. The first-order valence-corrected chi connectivity index (χ1v) is 7.16. The molecule has 0 unspecified atom stereocenters. The minimum absolute atomic E-state index is 0.0420. The van der Waals surface area contributed by atoms with E-state index in [0.29, 0.717) is 18.7 Å². The molecule has 0 aliphatic carbocycles. The lowest BCUT2D eigenvalue weighted by molar-refractivity contribution is 0.0883. The SMILES string of the molecule is CC(C)Oc1ccc(NC(=O)N2CCC[C@@H](O)C2)c(F)c1. The van der Waals surface area contributed by atoms with Gasteiger partial charge in [0.1, 0.15) is 11.6 Å². The molecular formula is C15H21FN2O3. The van der Waals surface area contributed by atoms with E-state index in [1.165, 1.54) is 17.0 Å². The van der Waals surface area contributed by atoms with E-state index < -0.39 is 18.0 Å². The third kappa shape index (κ3) is 4.32. The van der Waals surface area contributed by atoms with Crippen molar-refractivity contribution in [3.05, 3.63) is 24.0 Å². The van der Waals surface area contributed by atoms with E-state index in [-0.39, 0.29) is 18.3 Å². The van der Waals surface area contributed by atoms with Crippen LogP contribution in [0.15, 0.2) is 18.2 Å². The van der Waals surface area contributed by atoms with Crippen LogP contribution in [0.1, 0.15) is 26.7 Å². The topological polar surface area (TPSA) is 61.8 Å². The summed E-state index contributed by atoms with van der Waals surface area (Å²) in [6.45, 7) is 4.56. The summed E-state index contributed by atoms with van der Waals surface area (Å²) in [5, 5.41) is 12.1. The van der Waals surface area contributed by atoms with Crippen LogP contribution in [0.3, 0.4) is 0 Å². The first kappa shape index (κ1) is 15.6. The Morgan fingerprint density at radius 3 is 2.90 bits per heavy atom. The number of benzene rings is 1. The number of aliphatic hydroxyl groups is 1. The van der Waals surface area contributed by atoms with Gasteiger partial charge in [-0.15, -0.1) is 0 Å². The summed E-state index contributed by atoms with van der Waals surface area (Å²) >= 11 is 0. The van der Waals surface area contributed by atoms with Crippen molar-refractivity contribution in [2.45, 2.75) is 38.9 Å². The zero-order valence-corrected chi connectivity index (χ0v) is 12.3. The van der Waals surface area contributed by atoms with Crippen LogP contribution >= 0.6 is 0 Å². The summed E-state index contributed by atoms with van der Waals surface area (Å²) in [5.41, 5.74) is 0.108. The fourth-order valence-electron chi connectivity index (χ4n) is 2.28. The number of amides is 2. The molecule has 1 saturated heterocycles. The number of anilines is 1. The molecule has 1 aromatic carbocycles. The molecule has 6 heteroatoms. The molecule has 0 saturated carbocycles. The Morgan fingerprint density at radius 1 is 1.52 bits per heavy atom. The van der Waals surface area contributed by atoms with Crippen molar-refractivity contribution in [1.82, 2.24) is 4.90 Å². The van der Waals surface area contributed by atoms with Crippen LogP contribution in [0.25, 0.3) is 0 Å². The zero-order valence-electron chi connectivity index (χ0n) is 12.3. The van der Waals surface area contributed by atoms with E-state index in [4.69, 9.17) is 4.74 Å². The highest BCUT2D eigenvalue weighted by atomic mass is 19.1. The second-order valence-electron chi connectivity index (χ2n) is 5.48. The average Bonchev–Trinajstić information content (AvgIpc) is 2.41. The number of hydrogen-bond acceptors (Lipinski definition) is 3. The molecule has 116 valence electrons. The van der Waals surface area contributed by atoms with Crippen LogP contribution in [-0.2, 0) is 0 Å². The van der Waals surface area contributed by atoms with Crippen LogP contribution in [0.2, 0.25) is 0 Å². The lowest BCUT2D eigenvalue weighted by Gasteiger charge is -2.30. The number of nitrogens with zero attached hydrogens (tertiary/aromatic N) is 1. The number of hydrogen-bond donors (Lipinski definition) is 2. The summed E-state index contributed by atoms with van der Waals surface area (Å²) in [6.07, 6.45) is 0.897. The number of likely N-dealkylation sites (tertiary alicyclic amines) is 1. The molecule has 5 nitrogen and oxygen atoms in total. The van der Waals surface area contributed by atoms with Gasteiger partial charge >= 0.3 is 6.03 Å². The second-order valence-corrected chi connectivity index (χ2v) is 5.48. The van der Waals surface area contributed by atoms with Crippen molar-refractivity contribution in [3.63, 3.8) is 0 Å². The Labute approximate surface area is 123 Å². The molecule has 0 bridgehead atoms. The molecule has 0 spiro atoms. The normalized spacial score (nSPS) is 18.7. The Kier molecular flexibility index (Phi) is 5.01. The van der Waals surface area contributed by atoms with Crippen LogP contribution in [0.4, 0.5) is 14.9 Å². The molecule has 2 rings (SSSR count). The molecule has 1 aliphatic heterocycles. The standard InChI is InChI=1S/C15H21FN2O3/c1-10(2)21-12-5-6-14(13(16)8-12)17-15(20)18-7-3-4-11(19)9-18/h5-6,8,10-11,19H,3-4,7,9H2,1-2H3,(H,17,20)/t11-/m1/s1. The van der Waals surface area contributed by atoms with E-state index in [1.54, 1.807) is 6.07 Å². The first-order valence-electron chi connectivity index (χ1n) is 7.16. The number of rotatable bonds is 3. The highest BCUT2D eigenvalue weighted by Crippen LogP contribution is 2.22. The minimum atomic E-state index is -0.543. The number of nitrogens with one attached hydrogen (secondary N) is 1. The van der Waals surface area contributed by atoms with Gasteiger partial charge in [-0.1, -0.05) is 0 Å². The number of carbonyl (C=O) groups is 1. The highest BCUT2D eigenvalue weighted by Gasteiger charge is 2.22. The van der Waals surface area contributed by atoms with Crippen molar-refractivity contribution in [2.75, 3.05) is 18.4 Å². The third-order valence-electron chi connectivity index (χ3n) is 3.24. The number of aliphatic hydroxyl groups excluding tert-OH is 1. The van der Waals surface area contributed by atoms with E-state index in [1.807, 2.05) is 13.8 Å². The summed E-state index contributed by atoms with van der Waals surface area (Å²) < 4.78 is 19.3. The van der Waals surface area contributed by atoms with Crippen molar-refractivity contribution >= 4 is 11.7 Å². The van der Waals surface area contributed by atoms with Crippen molar-refractivity contribution in [1.29, 1.82) is 0 Å². The quantitative estimate of drug-likeness (QED) is 0.901. The van der Waals surface area contributed by atoms with Gasteiger partial charge in [-0.25, -0.2) is 9.18 Å². The number of β-amino-alcohol motifs (C(OH)–C–C–N with tert-alkyl or cyclic N) is 1. The first-order chi connectivity index (χ1) is 9.95. The fraction of sp³-hybridized carbons (Fsp3) is 0.533. The predicted molar refractivity (Wildman–Crippen MR) is 78.0 cm³/mol. The molecule has 2 amide bonds. The molecule has 21 heavy (non-hydrogen) atoms. The molecular weight excluding hydrogens is 275 g/mol. The Hall–Kier alpha value is -1.82. The van der Waals surface area contributed by atoms with E-state index in [2.05, 4.69) is 5.32 Å². The molecule has 1 atom stereocenters. The average molecular weight is 296 g/mol. The number of halogens is 1. The van der Waals surface area contributed by atoms with Crippen LogP contribution in [0.5, 0.6) is 5.75 Å². The Balaban J connectivity index is 2.00. The number of urea groups is 1. The number of ether oxygens (including phenoxy) is 1. The van der Waals surface area contributed by atoms with Gasteiger partial charge in [0.05, 0.1) is 17.9 Å². The van der Waals surface area contributed by atoms with Gasteiger partial charge < -0.3 is 20.1 Å². The second kappa shape index (κ2) is 6.76. The molecule has 0 aromatic heterocycles. The highest BCUT2D eigenvalue weighted by molar-refractivity contribution is 5.89. The van der Waals surface area contributed by atoms with E-state index >= 15 is 0 Å². The van der Waals surface area contributed by atoms with Gasteiger partial charge in [0, 0.05) is 19.2 Å². The van der Waals surface area contributed by atoms with Gasteiger partial charge in [-0.05, 0) is 38.8 Å². The predicted octanol–water partition coefficient (Wildman–Crippen LogP) is 2.60. The molecule has 1 fully saturated rings. The molecule has 1 aliphatic rings. The maximum Gasteiger partial charge on any atom is 0.322 e. The van der Waals surface area contributed by atoms with E-state index in [9.17, 15) is 14.3 Å². The maximum atomic E-state index is 13.9. The minimum Gasteiger partial charge on any atom is -0.491 e. The van der Waals surface area contributed by atoms with Crippen LogP contribution in [0, 0.1) is 5.82 Å². The van der Waals surface area contributed by atoms with Gasteiger partial charge in [-0.2, -0.15) is 0 Å². The van der Waals surface area contributed by atoms with Gasteiger partial charge in [0.25, 0.3) is 0 Å². The maximum absolute atomic E-state index is 13.9. The third-order valence-corrected chi connectivity index (χ3v) is 3.24. The summed E-state index contributed by atoms with van der Waals surface area (Å²) in [6, 6.07) is 3.95. The lowest BCUT2D eigenvalue weighted by atomic mass is 10.1. The Bertz CT molecular complexity index is 508. The van der Waals surface area contributed by atoms with Gasteiger partial charge in [0.15, 0.2) is 0 Å². The fourth-order valence-corrected chi connectivity index (χ4v) is 2.28. The summed E-state index contributed by atoms with van der Waals surface area (Å²) in [5.74, 6) is -0.118.